The van der Waals surface area contributed by atoms with Crippen LogP contribution in [0.25, 0.3) is 10.9 Å². The zero-order valence-electron chi connectivity index (χ0n) is 15.1. The van der Waals surface area contributed by atoms with Gasteiger partial charge >= 0.3 is 0 Å². The number of aromatic nitrogens is 2. The second kappa shape index (κ2) is 7.72. The molecular weight excluding hydrogens is 340 g/mol. The first-order valence-corrected chi connectivity index (χ1v) is 9.24. The molecule has 27 heavy (non-hydrogen) atoms. The van der Waals surface area contributed by atoms with Crippen LogP contribution in [-0.2, 0) is 6.42 Å². The summed E-state index contributed by atoms with van der Waals surface area (Å²) < 4.78 is 0. The number of nitrogens with zero attached hydrogens (tertiary/aromatic N) is 3. The number of H-pyrrole nitrogens is 1. The first-order valence-electron chi connectivity index (χ1n) is 9.24. The maximum atomic E-state index is 12.8. The van der Waals surface area contributed by atoms with Crippen LogP contribution in [0.15, 0.2) is 59.7 Å². The van der Waals surface area contributed by atoms with Gasteiger partial charge in [0.2, 0.25) is 5.43 Å². The second-order valence-electron chi connectivity index (χ2n) is 6.78. The minimum Gasteiger partial charge on any atom is -0.360 e. The van der Waals surface area contributed by atoms with E-state index in [-0.39, 0.29) is 16.9 Å². The van der Waals surface area contributed by atoms with Gasteiger partial charge in [0.05, 0.1) is 0 Å². The van der Waals surface area contributed by atoms with E-state index in [1.807, 2.05) is 42.6 Å². The largest absolute Gasteiger partial charge is 0.360 e. The van der Waals surface area contributed by atoms with Crippen LogP contribution >= 0.6 is 0 Å². The molecule has 0 radical (unpaired) electrons. The second-order valence-corrected chi connectivity index (χ2v) is 6.78. The number of aromatic amines is 1. The minimum atomic E-state index is -0.202. The number of amides is 1. The summed E-state index contributed by atoms with van der Waals surface area (Å²) >= 11 is 0. The fourth-order valence-corrected chi connectivity index (χ4v) is 3.49. The topological polar surface area (TPSA) is 69.3 Å². The maximum absolute atomic E-state index is 12.8. The van der Waals surface area contributed by atoms with Crippen molar-refractivity contribution in [1.82, 2.24) is 19.8 Å². The van der Waals surface area contributed by atoms with Crippen molar-refractivity contribution in [3.05, 3.63) is 76.3 Å². The molecule has 0 aliphatic carbocycles. The zero-order valence-corrected chi connectivity index (χ0v) is 15.1. The molecule has 3 aromatic rings. The molecule has 6 nitrogen and oxygen atoms in total. The molecule has 6 heteroatoms. The number of rotatable bonds is 4. The van der Waals surface area contributed by atoms with Crippen molar-refractivity contribution in [3.63, 3.8) is 0 Å². The Bertz CT molecular complexity index is 992. The van der Waals surface area contributed by atoms with Crippen LogP contribution in [0.1, 0.15) is 16.1 Å². The van der Waals surface area contributed by atoms with Crippen molar-refractivity contribution >= 4 is 16.8 Å². The van der Waals surface area contributed by atoms with E-state index in [0.29, 0.717) is 18.5 Å². The molecule has 2 aromatic heterocycles. The lowest BCUT2D eigenvalue weighted by Gasteiger charge is -2.34. The van der Waals surface area contributed by atoms with Gasteiger partial charge in [-0.25, -0.2) is 0 Å². The predicted molar refractivity (Wildman–Crippen MR) is 105 cm³/mol. The Morgan fingerprint density at radius 2 is 1.81 bits per heavy atom. The average Bonchev–Trinajstić information content (AvgIpc) is 2.73. The summed E-state index contributed by atoms with van der Waals surface area (Å²) in [5.74, 6) is -0.189. The van der Waals surface area contributed by atoms with Crippen LogP contribution < -0.4 is 5.43 Å². The van der Waals surface area contributed by atoms with Crippen LogP contribution in [-0.4, -0.2) is 58.4 Å². The molecule has 0 bridgehead atoms. The minimum absolute atomic E-state index is 0.189. The Hall–Kier alpha value is -2.99. The molecule has 4 rings (SSSR count). The third-order valence-electron chi connectivity index (χ3n) is 5.09. The number of carbonyl (C=O) groups is 1. The fourth-order valence-electron chi connectivity index (χ4n) is 3.49. The Labute approximate surface area is 157 Å². The molecule has 1 aliphatic rings. The standard InChI is InChI=1S/C21H22N4O2/c26-20-17-6-1-2-7-19(17)23-15-18(20)21(27)25-13-11-24(12-14-25)10-8-16-5-3-4-9-22-16/h1-7,9,15H,8,10-14H2,(H,23,26). The van der Waals surface area contributed by atoms with Crippen LogP contribution in [0.2, 0.25) is 0 Å². The normalized spacial score (nSPS) is 15.2. The average molecular weight is 362 g/mol. The molecule has 1 N–H and O–H groups in total. The number of para-hydroxylation sites is 1. The molecule has 1 saturated heterocycles. The van der Waals surface area contributed by atoms with Crippen molar-refractivity contribution in [1.29, 1.82) is 0 Å². The van der Waals surface area contributed by atoms with E-state index >= 15 is 0 Å². The number of pyridine rings is 2. The molecule has 0 saturated carbocycles. The lowest BCUT2D eigenvalue weighted by molar-refractivity contribution is 0.0637. The number of nitrogens with one attached hydrogen (secondary N) is 1. The molecule has 0 atom stereocenters. The number of benzene rings is 1. The van der Waals surface area contributed by atoms with Gasteiger partial charge in [0.1, 0.15) is 5.56 Å². The van der Waals surface area contributed by atoms with E-state index < -0.39 is 0 Å². The van der Waals surface area contributed by atoms with Gasteiger partial charge < -0.3 is 9.88 Å². The number of hydrogen-bond acceptors (Lipinski definition) is 4. The highest BCUT2D eigenvalue weighted by molar-refractivity contribution is 5.97. The highest BCUT2D eigenvalue weighted by atomic mass is 16.2. The molecule has 1 aliphatic heterocycles. The molecular formula is C21H22N4O2. The predicted octanol–water partition coefficient (Wildman–Crippen LogP) is 1.92. The van der Waals surface area contributed by atoms with E-state index in [1.165, 1.54) is 0 Å². The van der Waals surface area contributed by atoms with Crippen molar-refractivity contribution in [2.45, 2.75) is 6.42 Å². The van der Waals surface area contributed by atoms with Crippen LogP contribution in [0.5, 0.6) is 0 Å². The number of fused-ring (bicyclic) bond motifs is 1. The van der Waals surface area contributed by atoms with Gasteiger partial charge in [-0.1, -0.05) is 18.2 Å². The monoisotopic (exact) mass is 362 g/mol. The number of piperazine rings is 1. The van der Waals surface area contributed by atoms with Crippen LogP contribution in [0, 0.1) is 0 Å². The fraction of sp³-hybridized carbons (Fsp3) is 0.286. The zero-order chi connectivity index (χ0) is 18.6. The summed E-state index contributed by atoms with van der Waals surface area (Å²) in [6.45, 7) is 3.81. The van der Waals surface area contributed by atoms with E-state index in [2.05, 4.69) is 14.9 Å². The highest BCUT2D eigenvalue weighted by Gasteiger charge is 2.24. The summed E-state index contributed by atoms with van der Waals surface area (Å²) in [6, 6.07) is 13.2. The lowest BCUT2D eigenvalue weighted by atomic mass is 10.1. The van der Waals surface area contributed by atoms with E-state index in [1.54, 1.807) is 17.2 Å². The summed E-state index contributed by atoms with van der Waals surface area (Å²) in [4.78, 5) is 37.0. The molecule has 1 fully saturated rings. The maximum Gasteiger partial charge on any atom is 0.259 e. The molecule has 3 heterocycles. The van der Waals surface area contributed by atoms with Crippen LogP contribution in [0.3, 0.4) is 0 Å². The lowest BCUT2D eigenvalue weighted by Crippen LogP contribution is -2.49. The summed E-state index contributed by atoms with van der Waals surface area (Å²) in [7, 11) is 0. The summed E-state index contributed by atoms with van der Waals surface area (Å²) in [5.41, 5.74) is 1.85. The Morgan fingerprint density at radius 1 is 1.04 bits per heavy atom. The molecule has 1 amide bonds. The van der Waals surface area contributed by atoms with Gasteiger partial charge in [0.25, 0.3) is 5.91 Å². The Balaban J connectivity index is 1.39. The van der Waals surface area contributed by atoms with Crippen molar-refractivity contribution < 1.29 is 4.79 Å². The molecule has 1 aromatic carbocycles. The molecule has 138 valence electrons. The number of carbonyl (C=O) groups excluding carboxylic acids is 1. The smallest absolute Gasteiger partial charge is 0.259 e. The number of hydrogen-bond donors (Lipinski definition) is 1. The summed E-state index contributed by atoms with van der Waals surface area (Å²) in [5, 5.41) is 0.553. The molecule has 0 spiro atoms. The van der Waals surface area contributed by atoms with Crippen LogP contribution in [0.4, 0.5) is 0 Å². The van der Waals surface area contributed by atoms with Gasteiger partial charge in [-0.15, -0.1) is 0 Å². The van der Waals surface area contributed by atoms with Gasteiger partial charge in [0.15, 0.2) is 0 Å². The first kappa shape index (κ1) is 17.4. The van der Waals surface area contributed by atoms with Crippen molar-refractivity contribution in [3.8, 4) is 0 Å². The first-order chi connectivity index (χ1) is 13.2. The Morgan fingerprint density at radius 3 is 2.59 bits per heavy atom. The van der Waals surface area contributed by atoms with Crippen molar-refractivity contribution in [2.75, 3.05) is 32.7 Å². The Kier molecular flexibility index (Phi) is 4.98. The van der Waals surface area contributed by atoms with E-state index in [0.717, 1.165) is 37.3 Å². The van der Waals surface area contributed by atoms with Gasteiger partial charge in [0, 0.05) is 68.1 Å². The SMILES string of the molecule is O=C(c1c[nH]c2ccccc2c1=O)N1CCN(CCc2ccccn2)CC1. The molecule has 0 unspecified atom stereocenters. The van der Waals surface area contributed by atoms with Gasteiger partial charge in [-0.05, 0) is 24.3 Å². The van der Waals surface area contributed by atoms with Gasteiger partial charge in [-0.2, -0.15) is 0 Å². The third kappa shape index (κ3) is 3.75. The highest BCUT2D eigenvalue weighted by Crippen LogP contribution is 2.11. The third-order valence-corrected chi connectivity index (χ3v) is 5.09. The van der Waals surface area contributed by atoms with E-state index in [9.17, 15) is 9.59 Å². The van der Waals surface area contributed by atoms with Crippen molar-refractivity contribution in [2.24, 2.45) is 0 Å². The van der Waals surface area contributed by atoms with Gasteiger partial charge in [-0.3, -0.25) is 19.5 Å². The van der Waals surface area contributed by atoms with E-state index in [4.69, 9.17) is 0 Å². The quantitative estimate of drug-likeness (QED) is 0.770. The summed E-state index contributed by atoms with van der Waals surface area (Å²) in [6.07, 6.45) is 4.26.